The number of carbonyl (C=O) groups is 1. The zero-order valence-electron chi connectivity index (χ0n) is 7.95. The largest absolute Gasteiger partial charge is 0.450 e. The van der Waals surface area contributed by atoms with Crippen LogP contribution in [0.1, 0.15) is 13.3 Å². The quantitative estimate of drug-likeness (QED) is 0.643. The number of likely N-dealkylation sites (tertiary alicyclic amines) is 1. The maximum absolute atomic E-state index is 11.5. The van der Waals surface area contributed by atoms with Crippen molar-refractivity contribution in [3.63, 3.8) is 0 Å². The minimum atomic E-state index is -0.140. The second-order valence-electron chi connectivity index (χ2n) is 3.77. The first-order valence-electron chi connectivity index (χ1n) is 4.95. The Hall–Kier alpha value is -0.770. The minimum Gasteiger partial charge on any atom is -0.450 e. The number of hydrogen-bond donors (Lipinski definition) is 1. The molecule has 0 radical (unpaired) electrons. The molecule has 2 aliphatic rings. The molecule has 0 unspecified atom stereocenters. The van der Waals surface area contributed by atoms with Gasteiger partial charge >= 0.3 is 6.09 Å². The van der Waals surface area contributed by atoms with Crippen LogP contribution in [-0.2, 0) is 4.74 Å². The first kappa shape index (κ1) is 8.81. The number of rotatable bonds is 1. The van der Waals surface area contributed by atoms with Gasteiger partial charge in [0.2, 0.25) is 0 Å². The topological polar surface area (TPSA) is 41.6 Å². The highest BCUT2D eigenvalue weighted by Gasteiger charge is 2.38. The molecule has 0 aromatic rings. The molecule has 2 saturated heterocycles. The number of nitrogens with one attached hydrogen (secondary N) is 1. The van der Waals surface area contributed by atoms with Crippen molar-refractivity contribution >= 4 is 6.09 Å². The molecule has 0 aliphatic carbocycles. The Labute approximate surface area is 78.2 Å². The average Bonchev–Trinajstić information content (AvgIpc) is 2.42. The molecular weight excluding hydrogens is 168 g/mol. The third-order valence-electron chi connectivity index (χ3n) is 2.82. The van der Waals surface area contributed by atoms with Gasteiger partial charge in [0.05, 0.1) is 6.61 Å². The summed E-state index contributed by atoms with van der Waals surface area (Å²) in [7, 11) is 0. The summed E-state index contributed by atoms with van der Waals surface area (Å²) in [5.41, 5.74) is 0. The second kappa shape index (κ2) is 3.54. The van der Waals surface area contributed by atoms with Crippen molar-refractivity contribution in [2.45, 2.75) is 19.4 Å². The van der Waals surface area contributed by atoms with E-state index in [2.05, 4.69) is 5.32 Å². The van der Waals surface area contributed by atoms with Crippen molar-refractivity contribution < 1.29 is 9.53 Å². The lowest BCUT2D eigenvalue weighted by Gasteiger charge is -2.23. The van der Waals surface area contributed by atoms with Crippen LogP contribution >= 0.6 is 0 Å². The summed E-state index contributed by atoms with van der Waals surface area (Å²) >= 11 is 0. The third-order valence-corrected chi connectivity index (χ3v) is 2.82. The summed E-state index contributed by atoms with van der Waals surface area (Å²) in [4.78, 5) is 13.3. The fraction of sp³-hybridized carbons (Fsp3) is 0.889. The Morgan fingerprint density at radius 1 is 1.62 bits per heavy atom. The van der Waals surface area contributed by atoms with Crippen LogP contribution in [0.2, 0.25) is 0 Å². The van der Waals surface area contributed by atoms with Crippen LogP contribution in [0.4, 0.5) is 4.79 Å². The van der Waals surface area contributed by atoms with Gasteiger partial charge in [0, 0.05) is 19.1 Å². The smallest absolute Gasteiger partial charge is 0.410 e. The molecule has 2 bridgehead atoms. The van der Waals surface area contributed by atoms with Crippen molar-refractivity contribution in [2.24, 2.45) is 5.92 Å². The first-order valence-corrected chi connectivity index (χ1v) is 4.95. The summed E-state index contributed by atoms with van der Waals surface area (Å²) in [6.07, 6.45) is 1.00. The minimum absolute atomic E-state index is 0.140. The van der Waals surface area contributed by atoms with Gasteiger partial charge in [-0.3, -0.25) is 0 Å². The highest BCUT2D eigenvalue weighted by atomic mass is 16.6. The molecule has 74 valence electrons. The Morgan fingerprint density at radius 2 is 2.46 bits per heavy atom. The van der Waals surface area contributed by atoms with E-state index in [1.165, 1.54) is 0 Å². The molecule has 2 rings (SSSR count). The molecule has 1 amide bonds. The summed E-state index contributed by atoms with van der Waals surface area (Å²) in [6, 6.07) is 0.373. The van der Waals surface area contributed by atoms with Crippen LogP contribution in [0.25, 0.3) is 0 Å². The van der Waals surface area contributed by atoms with Crippen molar-refractivity contribution in [1.82, 2.24) is 10.2 Å². The van der Waals surface area contributed by atoms with Crippen molar-refractivity contribution in [3.8, 4) is 0 Å². The standard InChI is InChI=1S/C9H16N2O2/c1-2-13-9(12)11-6-7-3-8(11)5-10-4-7/h7-8,10H,2-6H2,1H3/t7-,8+/m0/s1. The maximum Gasteiger partial charge on any atom is 0.410 e. The third kappa shape index (κ3) is 1.63. The highest BCUT2D eigenvalue weighted by molar-refractivity contribution is 5.68. The lowest BCUT2D eigenvalue weighted by atomic mass is 10.0. The van der Waals surface area contributed by atoms with Gasteiger partial charge in [-0.2, -0.15) is 0 Å². The number of piperidine rings is 1. The summed E-state index contributed by atoms with van der Waals surface area (Å²) in [5.74, 6) is 0.642. The van der Waals surface area contributed by atoms with Gasteiger partial charge in [0.1, 0.15) is 0 Å². The fourth-order valence-electron chi connectivity index (χ4n) is 2.24. The van der Waals surface area contributed by atoms with Gasteiger partial charge in [-0.25, -0.2) is 4.79 Å². The molecule has 4 nitrogen and oxygen atoms in total. The molecule has 2 heterocycles. The van der Waals surface area contributed by atoms with Crippen LogP contribution in [-0.4, -0.2) is 43.3 Å². The number of amides is 1. The molecule has 0 saturated carbocycles. The lowest BCUT2D eigenvalue weighted by molar-refractivity contribution is 0.104. The fourth-order valence-corrected chi connectivity index (χ4v) is 2.24. The van der Waals surface area contributed by atoms with Crippen LogP contribution in [0.15, 0.2) is 0 Å². The van der Waals surface area contributed by atoms with Gasteiger partial charge in [-0.05, 0) is 25.8 Å². The Balaban J connectivity index is 1.96. The molecule has 2 aliphatic heterocycles. The zero-order chi connectivity index (χ0) is 9.26. The predicted molar refractivity (Wildman–Crippen MR) is 48.5 cm³/mol. The summed E-state index contributed by atoms with van der Waals surface area (Å²) < 4.78 is 4.99. The van der Waals surface area contributed by atoms with Crippen LogP contribution in [0, 0.1) is 5.92 Å². The molecule has 0 aromatic heterocycles. The van der Waals surface area contributed by atoms with E-state index in [1.54, 1.807) is 0 Å². The van der Waals surface area contributed by atoms with E-state index in [-0.39, 0.29) is 6.09 Å². The number of hydrogen-bond acceptors (Lipinski definition) is 3. The number of carbonyl (C=O) groups excluding carboxylic acids is 1. The molecule has 1 N–H and O–H groups in total. The zero-order valence-corrected chi connectivity index (χ0v) is 7.95. The normalized spacial score (nSPS) is 31.9. The Kier molecular flexibility index (Phi) is 2.40. The average molecular weight is 184 g/mol. The first-order chi connectivity index (χ1) is 6.31. The van der Waals surface area contributed by atoms with Gasteiger partial charge in [-0.15, -0.1) is 0 Å². The predicted octanol–water partition coefficient (Wildman–Crippen LogP) is 0.437. The van der Waals surface area contributed by atoms with E-state index in [0.717, 1.165) is 26.1 Å². The van der Waals surface area contributed by atoms with E-state index < -0.39 is 0 Å². The Bertz CT molecular complexity index is 208. The van der Waals surface area contributed by atoms with Crippen LogP contribution < -0.4 is 5.32 Å². The highest BCUT2D eigenvalue weighted by Crippen LogP contribution is 2.25. The summed E-state index contributed by atoms with van der Waals surface area (Å²) in [5, 5.41) is 3.32. The molecule has 0 spiro atoms. The molecule has 4 heteroatoms. The molecule has 2 fully saturated rings. The van der Waals surface area contributed by atoms with Crippen LogP contribution in [0.5, 0.6) is 0 Å². The van der Waals surface area contributed by atoms with Gasteiger partial charge in [0.15, 0.2) is 0 Å². The van der Waals surface area contributed by atoms with Crippen molar-refractivity contribution in [1.29, 1.82) is 0 Å². The molecule has 2 atom stereocenters. The number of fused-ring (bicyclic) bond motifs is 2. The maximum atomic E-state index is 11.5. The van der Waals surface area contributed by atoms with E-state index in [0.29, 0.717) is 18.6 Å². The van der Waals surface area contributed by atoms with Gasteiger partial charge < -0.3 is 15.0 Å². The molecule has 13 heavy (non-hydrogen) atoms. The van der Waals surface area contributed by atoms with E-state index in [9.17, 15) is 4.79 Å². The second-order valence-corrected chi connectivity index (χ2v) is 3.77. The van der Waals surface area contributed by atoms with E-state index >= 15 is 0 Å². The van der Waals surface area contributed by atoms with Crippen molar-refractivity contribution in [3.05, 3.63) is 0 Å². The SMILES string of the molecule is CCOC(=O)N1C[C@@H]2CNC[C@H]1C2. The number of ether oxygens (including phenoxy) is 1. The van der Waals surface area contributed by atoms with E-state index in [1.807, 2.05) is 11.8 Å². The molecule has 0 aromatic carbocycles. The number of nitrogens with zero attached hydrogens (tertiary/aromatic N) is 1. The van der Waals surface area contributed by atoms with Crippen molar-refractivity contribution in [2.75, 3.05) is 26.2 Å². The van der Waals surface area contributed by atoms with Gasteiger partial charge in [0.25, 0.3) is 0 Å². The Morgan fingerprint density at radius 3 is 3.15 bits per heavy atom. The van der Waals surface area contributed by atoms with Gasteiger partial charge in [-0.1, -0.05) is 0 Å². The molecular formula is C9H16N2O2. The van der Waals surface area contributed by atoms with E-state index in [4.69, 9.17) is 4.74 Å². The monoisotopic (exact) mass is 184 g/mol. The summed E-state index contributed by atoms with van der Waals surface area (Å²) in [6.45, 7) is 5.16. The lowest BCUT2D eigenvalue weighted by Crippen LogP contribution is -2.41. The van der Waals surface area contributed by atoms with Crippen LogP contribution in [0.3, 0.4) is 0 Å².